The highest BCUT2D eigenvalue weighted by atomic mass is 16.5. The lowest BCUT2D eigenvalue weighted by atomic mass is 10.2. The molecule has 0 unspecified atom stereocenters. The van der Waals surface area contributed by atoms with E-state index < -0.39 is 5.91 Å². The fraction of sp³-hybridized carbons (Fsp3) is 0.129. The van der Waals surface area contributed by atoms with Crippen LogP contribution in [0, 0.1) is 6.92 Å². The first kappa shape index (κ1) is 25.5. The molecule has 0 saturated carbocycles. The third kappa shape index (κ3) is 6.07. The van der Waals surface area contributed by atoms with E-state index in [2.05, 4.69) is 5.32 Å². The van der Waals surface area contributed by atoms with E-state index in [1.165, 1.54) is 18.3 Å². The van der Waals surface area contributed by atoms with Crippen LogP contribution in [0.2, 0.25) is 0 Å². The second-order valence-corrected chi connectivity index (χ2v) is 9.04. The predicted octanol–water partition coefficient (Wildman–Crippen LogP) is 5.73. The van der Waals surface area contributed by atoms with E-state index in [0.717, 1.165) is 16.8 Å². The maximum absolute atomic E-state index is 13.5. The number of anilines is 1. The molecule has 0 aliphatic carbocycles. The Bertz CT molecular complexity index is 1560. The first-order valence-corrected chi connectivity index (χ1v) is 12.5. The molecule has 0 aliphatic heterocycles. The lowest BCUT2D eigenvalue weighted by Gasteiger charge is -2.21. The zero-order valence-corrected chi connectivity index (χ0v) is 21.7. The van der Waals surface area contributed by atoms with E-state index >= 15 is 0 Å². The molecule has 5 aromatic rings. The van der Waals surface area contributed by atoms with Gasteiger partial charge in [-0.1, -0.05) is 54.1 Å². The van der Waals surface area contributed by atoms with Crippen molar-refractivity contribution in [1.29, 1.82) is 0 Å². The van der Waals surface area contributed by atoms with Crippen LogP contribution in [-0.2, 0) is 11.3 Å². The number of amides is 2. The van der Waals surface area contributed by atoms with E-state index in [-0.39, 0.29) is 19.0 Å². The summed E-state index contributed by atoms with van der Waals surface area (Å²) >= 11 is 0. The summed E-state index contributed by atoms with van der Waals surface area (Å²) in [6.07, 6.45) is 3.42. The van der Waals surface area contributed by atoms with Gasteiger partial charge in [-0.05, 0) is 49.4 Å². The van der Waals surface area contributed by atoms with Gasteiger partial charge in [0.25, 0.3) is 5.91 Å². The van der Waals surface area contributed by atoms with Crippen molar-refractivity contribution in [1.82, 2.24) is 14.5 Å². The van der Waals surface area contributed by atoms with E-state index in [1.807, 2.05) is 72.3 Å². The fourth-order valence-corrected chi connectivity index (χ4v) is 4.19. The van der Waals surface area contributed by atoms with Gasteiger partial charge >= 0.3 is 0 Å². The number of aryl methyl sites for hydroxylation is 1. The van der Waals surface area contributed by atoms with Crippen LogP contribution in [0.1, 0.15) is 21.7 Å². The molecule has 0 aliphatic rings. The van der Waals surface area contributed by atoms with Crippen molar-refractivity contribution in [2.75, 3.05) is 19.0 Å². The predicted molar refractivity (Wildman–Crippen MR) is 149 cm³/mol. The number of aromatic nitrogens is 2. The molecule has 2 aromatic heterocycles. The standard InChI is InChI=1S/C31H28N4O4/c1-22-13-15-25(16-14-22)35-20-28(23-8-4-3-5-9-23)32-31(35)33-29(36)21-34(19-27-12-7-17-39-27)30(37)24-10-6-11-26(18-24)38-2/h3-18,20H,19,21H2,1-2H3,(H,32,33,36). The van der Waals surface area contributed by atoms with Gasteiger partial charge in [0.15, 0.2) is 0 Å². The lowest BCUT2D eigenvalue weighted by Crippen LogP contribution is -2.37. The van der Waals surface area contributed by atoms with Crippen molar-refractivity contribution >= 4 is 17.8 Å². The van der Waals surface area contributed by atoms with Crippen molar-refractivity contribution in [2.24, 2.45) is 0 Å². The van der Waals surface area contributed by atoms with E-state index in [9.17, 15) is 9.59 Å². The van der Waals surface area contributed by atoms with Gasteiger partial charge in [-0.3, -0.25) is 19.5 Å². The van der Waals surface area contributed by atoms with E-state index in [0.29, 0.717) is 28.7 Å². The minimum Gasteiger partial charge on any atom is -0.497 e. The Kier molecular flexibility index (Phi) is 7.54. The number of hydrogen-bond acceptors (Lipinski definition) is 5. The first-order valence-electron chi connectivity index (χ1n) is 12.5. The Morgan fingerprint density at radius 2 is 1.77 bits per heavy atom. The van der Waals surface area contributed by atoms with Crippen molar-refractivity contribution in [3.8, 4) is 22.7 Å². The monoisotopic (exact) mass is 520 g/mol. The van der Waals surface area contributed by atoms with Gasteiger partial charge in [0, 0.05) is 23.0 Å². The normalized spacial score (nSPS) is 10.7. The van der Waals surface area contributed by atoms with Crippen molar-refractivity contribution in [2.45, 2.75) is 13.5 Å². The third-order valence-electron chi connectivity index (χ3n) is 6.20. The third-order valence-corrected chi connectivity index (χ3v) is 6.20. The number of hydrogen-bond donors (Lipinski definition) is 1. The maximum atomic E-state index is 13.5. The number of furan rings is 1. The Morgan fingerprint density at radius 1 is 0.974 bits per heavy atom. The van der Waals surface area contributed by atoms with Gasteiger partial charge in [0.05, 0.1) is 25.6 Å². The molecule has 196 valence electrons. The summed E-state index contributed by atoms with van der Waals surface area (Å²) in [7, 11) is 1.54. The average Bonchev–Trinajstić information content (AvgIpc) is 3.63. The Balaban J connectivity index is 1.43. The molecule has 0 bridgehead atoms. The topological polar surface area (TPSA) is 89.6 Å². The largest absolute Gasteiger partial charge is 0.497 e. The molecule has 0 saturated heterocycles. The second kappa shape index (κ2) is 11.5. The van der Waals surface area contributed by atoms with Crippen LogP contribution in [0.4, 0.5) is 5.95 Å². The number of nitrogens with one attached hydrogen (secondary N) is 1. The molecule has 2 heterocycles. The maximum Gasteiger partial charge on any atom is 0.254 e. The van der Waals surface area contributed by atoms with Crippen LogP contribution < -0.4 is 10.1 Å². The molecule has 8 heteroatoms. The van der Waals surface area contributed by atoms with Crippen LogP contribution in [0.15, 0.2) is 108 Å². The number of rotatable bonds is 9. The van der Waals surface area contributed by atoms with Gasteiger partial charge in [-0.2, -0.15) is 0 Å². The molecular weight excluding hydrogens is 492 g/mol. The summed E-state index contributed by atoms with van der Waals surface area (Å²) in [6.45, 7) is 1.93. The SMILES string of the molecule is COc1cccc(C(=O)N(CC(=O)Nc2nc(-c3ccccc3)cn2-c2ccc(C)cc2)Cc2ccco2)c1. The van der Waals surface area contributed by atoms with Gasteiger partial charge in [-0.15, -0.1) is 0 Å². The quantitative estimate of drug-likeness (QED) is 0.268. The van der Waals surface area contributed by atoms with Crippen LogP contribution in [0.25, 0.3) is 16.9 Å². The molecule has 0 spiro atoms. The molecule has 5 rings (SSSR count). The van der Waals surface area contributed by atoms with Crippen LogP contribution in [0.5, 0.6) is 5.75 Å². The van der Waals surface area contributed by atoms with Crippen LogP contribution in [0.3, 0.4) is 0 Å². The molecule has 0 fully saturated rings. The second-order valence-electron chi connectivity index (χ2n) is 9.04. The highest BCUT2D eigenvalue weighted by molar-refractivity contribution is 5.99. The summed E-state index contributed by atoms with van der Waals surface area (Å²) in [4.78, 5) is 33.0. The number of ether oxygens (including phenoxy) is 1. The smallest absolute Gasteiger partial charge is 0.254 e. The lowest BCUT2D eigenvalue weighted by molar-refractivity contribution is -0.117. The number of nitrogens with zero attached hydrogens (tertiary/aromatic N) is 3. The van der Waals surface area contributed by atoms with Crippen LogP contribution >= 0.6 is 0 Å². The molecule has 0 radical (unpaired) electrons. The van der Waals surface area contributed by atoms with Crippen molar-refractivity contribution < 1.29 is 18.7 Å². The summed E-state index contributed by atoms with van der Waals surface area (Å²) in [5.74, 6) is 0.751. The number of carbonyl (C=O) groups excluding carboxylic acids is 2. The Labute approximate surface area is 226 Å². The van der Waals surface area contributed by atoms with E-state index in [4.69, 9.17) is 14.1 Å². The highest BCUT2D eigenvalue weighted by Crippen LogP contribution is 2.25. The zero-order valence-electron chi connectivity index (χ0n) is 21.7. The highest BCUT2D eigenvalue weighted by Gasteiger charge is 2.22. The summed E-state index contributed by atoms with van der Waals surface area (Å²) in [5, 5.41) is 2.92. The summed E-state index contributed by atoms with van der Waals surface area (Å²) < 4.78 is 12.6. The first-order chi connectivity index (χ1) is 19.0. The van der Waals surface area contributed by atoms with Crippen molar-refractivity contribution in [3.63, 3.8) is 0 Å². The minimum absolute atomic E-state index is 0.123. The Morgan fingerprint density at radius 3 is 2.49 bits per heavy atom. The molecular formula is C31H28N4O4. The summed E-state index contributed by atoms with van der Waals surface area (Å²) in [6, 6.07) is 28.0. The minimum atomic E-state index is -0.392. The molecule has 0 atom stereocenters. The van der Waals surface area contributed by atoms with Gasteiger partial charge in [0.2, 0.25) is 11.9 Å². The molecule has 3 aromatic carbocycles. The molecule has 8 nitrogen and oxygen atoms in total. The van der Waals surface area contributed by atoms with Gasteiger partial charge < -0.3 is 14.1 Å². The molecule has 2 amide bonds. The number of benzene rings is 3. The molecule has 1 N–H and O–H groups in total. The van der Waals surface area contributed by atoms with Gasteiger partial charge in [-0.25, -0.2) is 4.98 Å². The van der Waals surface area contributed by atoms with Crippen molar-refractivity contribution in [3.05, 3.63) is 120 Å². The number of imidazole rings is 1. The molecule has 39 heavy (non-hydrogen) atoms. The number of methoxy groups -OCH3 is 1. The average molecular weight is 521 g/mol. The summed E-state index contributed by atoms with van der Waals surface area (Å²) in [5.41, 5.74) is 4.02. The van der Waals surface area contributed by atoms with Crippen LogP contribution in [-0.4, -0.2) is 39.9 Å². The van der Waals surface area contributed by atoms with Gasteiger partial charge in [0.1, 0.15) is 18.1 Å². The Hall–Kier alpha value is -5.11. The fourth-order valence-electron chi connectivity index (χ4n) is 4.19. The zero-order chi connectivity index (χ0) is 27.2. The van der Waals surface area contributed by atoms with E-state index in [1.54, 1.807) is 36.4 Å². The number of carbonyl (C=O) groups is 2.